The molecule has 0 heterocycles. The van der Waals surface area contributed by atoms with Gasteiger partial charge in [0.15, 0.2) is 0 Å². The summed E-state index contributed by atoms with van der Waals surface area (Å²) in [5.74, 6) is -2.51. The number of carboxylic acids is 1. The van der Waals surface area contributed by atoms with E-state index in [1.54, 1.807) is 0 Å². The van der Waals surface area contributed by atoms with Crippen molar-refractivity contribution in [2.24, 2.45) is 5.92 Å². The monoisotopic (exact) mass is 360 g/mol. The number of hydrogen-bond donors (Lipinski definition) is 3. The number of ketones is 1. The first-order valence-electron chi connectivity index (χ1n) is 8.72. The van der Waals surface area contributed by atoms with Gasteiger partial charge < -0.3 is 15.7 Å². The molecule has 0 aromatic heterocycles. The van der Waals surface area contributed by atoms with Crippen LogP contribution < -0.4 is 10.6 Å². The number of nitrogens with one attached hydrogen (secondary N) is 2. The lowest BCUT2D eigenvalue weighted by molar-refractivity contribution is -0.144. The highest BCUT2D eigenvalue weighted by molar-refractivity contribution is 5.90. The second-order valence-corrected chi connectivity index (χ2v) is 6.66. The standard InChI is InChI=1S/C19H24N2O5/c1-12(22)20-16(10-13-6-3-2-4-7-13)18(24)21-17(19(25)26)14-8-5-9-15(23)11-14/h2-4,6-7,14,16-17H,5,8-11H2,1H3,(H,20,22)(H,21,24)(H,25,26)/t14-,16+,17+/m0/s1. The molecule has 2 amide bonds. The first-order chi connectivity index (χ1) is 12.4. The van der Waals surface area contributed by atoms with Crippen LogP contribution in [0.5, 0.6) is 0 Å². The van der Waals surface area contributed by atoms with Gasteiger partial charge in [-0.15, -0.1) is 0 Å². The average Bonchev–Trinajstić information content (AvgIpc) is 2.59. The maximum absolute atomic E-state index is 12.6. The maximum Gasteiger partial charge on any atom is 0.326 e. The first kappa shape index (κ1) is 19.6. The van der Waals surface area contributed by atoms with Crippen molar-refractivity contribution < 1.29 is 24.3 Å². The summed E-state index contributed by atoms with van der Waals surface area (Å²) in [7, 11) is 0. The Bertz CT molecular complexity index is 674. The topological polar surface area (TPSA) is 113 Å². The molecule has 1 aliphatic carbocycles. The summed E-state index contributed by atoms with van der Waals surface area (Å²) in [6.45, 7) is 1.31. The minimum Gasteiger partial charge on any atom is -0.480 e. The van der Waals surface area contributed by atoms with Crippen molar-refractivity contribution in [3.8, 4) is 0 Å². The van der Waals surface area contributed by atoms with E-state index in [9.17, 15) is 24.3 Å². The summed E-state index contributed by atoms with van der Waals surface area (Å²) in [5, 5.41) is 14.6. The molecule has 1 aliphatic rings. The molecule has 1 fully saturated rings. The molecule has 2 rings (SSSR count). The van der Waals surface area contributed by atoms with Crippen molar-refractivity contribution in [2.75, 3.05) is 0 Å². The minimum atomic E-state index is -1.17. The number of amides is 2. The van der Waals surface area contributed by atoms with Crippen molar-refractivity contribution in [3.63, 3.8) is 0 Å². The molecule has 26 heavy (non-hydrogen) atoms. The minimum absolute atomic E-state index is 0.0180. The van der Waals surface area contributed by atoms with Crippen LogP contribution in [0.15, 0.2) is 30.3 Å². The average molecular weight is 360 g/mol. The zero-order chi connectivity index (χ0) is 19.1. The lowest BCUT2D eigenvalue weighted by Crippen LogP contribution is -2.54. The van der Waals surface area contributed by atoms with E-state index >= 15 is 0 Å². The van der Waals surface area contributed by atoms with Gasteiger partial charge in [-0.05, 0) is 24.3 Å². The number of Topliss-reactive ketones (excluding diaryl/α,β-unsaturated/α-hetero) is 1. The molecule has 140 valence electrons. The van der Waals surface area contributed by atoms with E-state index in [4.69, 9.17) is 0 Å². The molecule has 1 aromatic rings. The number of benzene rings is 1. The van der Waals surface area contributed by atoms with Crippen molar-refractivity contribution in [2.45, 2.75) is 51.1 Å². The van der Waals surface area contributed by atoms with Gasteiger partial charge in [-0.3, -0.25) is 14.4 Å². The van der Waals surface area contributed by atoms with Crippen LogP contribution in [0, 0.1) is 5.92 Å². The van der Waals surface area contributed by atoms with Crippen LogP contribution in [-0.4, -0.2) is 40.8 Å². The summed E-state index contributed by atoms with van der Waals surface area (Å²) in [5.41, 5.74) is 0.848. The number of hydrogen-bond acceptors (Lipinski definition) is 4. The van der Waals surface area contributed by atoms with Crippen molar-refractivity contribution in [1.82, 2.24) is 10.6 Å². The molecule has 3 atom stereocenters. The lowest BCUT2D eigenvalue weighted by Gasteiger charge is -2.29. The Hall–Kier alpha value is -2.70. The predicted molar refractivity (Wildman–Crippen MR) is 94.3 cm³/mol. The van der Waals surface area contributed by atoms with Crippen LogP contribution in [0.3, 0.4) is 0 Å². The van der Waals surface area contributed by atoms with E-state index in [-0.39, 0.29) is 24.5 Å². The number of carbonyl (C=O) groups excluding carboxylic acids is 3. The third-order valence-electron chi connectivity index (χ3n) is 4.53. The van der Waals surface area contributed by atoms with Crippen molar-refractivity contribution in [3.05, 3.63) is 35.9 Å². The number of carboxylic acid groups (broad SMARTS) is 1. The molecule has 0 saturated heterocycles. The van der Waals surface area contributed by atoms with Gasteiger partial charge in [0.2, 0.25) is 11.8 Å². The Kier molecular flexibility index (Phi) is 6.89. The quantitative estimate of drug-likeness (QED) is 0.673. The first-order valence-corrected chi connectivity index (χ1v) is 8.72. The van der Waals surface area contributed by atoms with Gasteiger partial charge in [0.25, 0.3) is 0 Å². The second kappa shape index (κ2) is 9.12. The molecule has 7 nitrogen and oxygen atoms in total. The van der Waals surface area contributed by atoms with Gasteiger partial charge in [-0.25, -0.2) is 4.79 Å². The molecule has 0 unspecified atom stereocenters. The van der Waals surface area contributed by atoms with E-state index in [0.717, 1.165) is 5.56 Å². The van der Waals surface area contributed by atoms with Gasteiger partial charge in [0, 0.05) is 26.2 Å². The molecule has 0 bridgehead atoms. The predicted octanol–water partition coefficient (Wildman–Crippen LogP) is 1.06. The number of carbonyl (C=O) groups is 4. The fourth-order valence-corrected chi connectivity index (χ4v) is 3.28. The van der Waals surface area contributed by atoms with Crippen LogP contribution in [0.2, 0.25) is 0 Å². The SMILES string of the molecule is CC(=O)N[C@H](Cc1ccccc1)C(=O)N[C@@H](C(=O)O)[C@H]1CCCC(=O)C1. The van der Waals surface area contributed by atoms with Crippen LogP contribution >= 0.6 is 0 Å². The Labute approximate surface area is 152 Å². The van der Waals surface area contributed by atoms with Gasteiger partial charge in [0.1, 0.15) is 17.9 Å². The fourth-order valence-electron chi connectivity index (χ4n) is 3.28. The Balaban J connectivity index is 2.10. The van der Waals surface area contributed by atoms with Crippen LogP contribution in [-0.2, 0) is 25.6 Å². The summed E-state index contributed by atoms with van der Waals surface area (Å²) < 4.78 is 0. The number of rotatable bonds is 7. The van der Waals surface area contributed by atoms with Crippen LogP contribution in [0.1, 0.15) is 38.2 Å². The largest absolute Gasteiger partial charge is 0.480 e. The molecule has 1 saturated carbocycles. The molecular formula is C19H24N2O5. The van der Waals surface area contributed by atoms with Gasteiger partial charge >= 0.3 is 5.97 Å². The molecular weight excluding hydrogens is 336 g/mol. The summed E-state index contributed by atoms with van der Waals surface area (Å²) in [6, 6.07) is 7.14. The summed E-state index contributed by atoms with van der Waals surface area (Å²) in [6.07, 6.45) is 2.07. The molecule has 0 radical (unpaired) electrons. The van der Waals surface area contributed by atoms with E-state index < -0.39 is 29.9 Å². The molecule has 0 aliphatic heterocycles. The molecule has 1 aromatic carbocycles. The van der Waals surface area contributed by atoms with Crippen LogP contribution in [0.25, 0.3) is 0 Å². The zero-order valence-electron chi connectivity index (χ0n) is 14.7. The number of aliphatic carboxylic acids is 1. The van der Waals surface area contributed by atoms with E-state index in [1.807, 2.05) is 30.3 Å². The van der Waals surface area contributed by atoms with Crippen molar-refractivity contribution >= 4 is 23.6 Å². The zero-order valence-corrected chi connectivity index (χ0v) is 14.7. The van der Waals surface area contributed by atoms with E-state index in [0.29, 0.717) is 19.3 Å². The Morgan fingerprint density at radius 2 is 1.88 bits per heavy atom. The Morgan fingerprint density at radius 3 is 2.46 bits per heavy atom. The van der Waals surface area contributed by atoms with Gasteiger partial charge in [-0.1, -0.05) is 30.3 Å². The van der Waals surface area contributed by atoms with E-state index in [2.05, 4.69) is 10.6 Å². The lowest BCUT2D eigenvalue weighted by atomic mass is 9.83. The van der Waals surface area contributed by atoms with E-state index in [1.165, 1.54) is 6.92 Å². The maximum atomic E-state index is 12.6. The highest BCUT2D eigenvalue weighted by Crippen LogP contribution is 2.24. The molecule has 3 N–H and O–H groups in total. The van der Waals surface area contributed by atoms with Crippen LogP contribution in [0.4, 0.5) is 0 Å². The highest BCUT2D eigenvalue weighted by atomic mass is 16.4. The summed E-state index contributed by atoms with van der Waals surface area (Å²) in [4.78, 5) is 47.4. The van der Waals surface area contributed by atoms with Gasteiger partial charge in [-0.2, -0.15) is 0 Å². The Morgan fingerprint density at radius 1 is 1.19 bits per heavy atom. The molecule has 0 spiro atoms. The highest BCUT2D eigenvalue weighted by Gasteiger charge is 2.35. The van der Waals surface area contributed by atoms with Gasteiger partial charge in [0.05, 0.1) is 0 Å². The normalized spacial score (nSPS) is 19.3. The summed E-state index contributed by atoms with van der Waals surface area (Å²) >= 11 is 0. The fraction of sp³-hybridized carbons (Fsp3) is 0.474. The van der Waals surface area contributed by atoms with Crippen molar-refractivity contribution in [1.29, 1.82) is 0 Å². The molecule has 7 heteroatoms. The smallest absolute Gasteiger partial charge is 0.326 e. The second-order valence-electron chi connectivity index (χ2n) is 6.66. The third kappa shape index (κ3) is 5.68. The third-order valence-corrected chi connectivity index (χ3v) is 4.53.